The van der Waals surface area contributed by atoms with Crippen molar-refractivity contribution in [1.29, 1.82) is 0 Å². The molecule has 2 amide bonds. The number of benzene rings is 2. The summed E-state index contributed by atoms with van der Waals surface area (Å²) < 4.78 is 5.60. The Hall–Kier alpha value is -6.46. The van der Waals surface area contributed by atoms with Crippen LogP contribution in [0.15, 0.2) is 113 Å². The number of nitrogens with one attached hydrogen (secondary N) is 4. The van der Waals surface area contributed by atoms with Crippen molar-refractivity contribution in [2.45, 2.75) is 57.6 Å². The van der Waals surface area contributed by atoms with Gasteiger partial charge in [-0.2, -0.15) is 0 Å². The van der Waals surface area contributed by atoms with Gasteiger partial charge in [-0.15, -0.1) is 0 Å². The third-order valence-corrected chi connectivity index (χ3v) is 10.1. The lowest BCUT2D eigenvalue weighted by Crippen LogP contribution is -2.34. The van der Waals surface area contributed by atoms with E-state index in [1.54, 1.807) is 24.3 Å². The lowest BCUT2D eigenvalue weighted by atomic mass is 9.87. The number of anilines is 2. The number of hydrogen-bond acceptors (Lipinski definition) is 12. The van der Waals surface area contributed by atoms with Gasteiger partial charge in [-0.3, -0.25) is 29.8 Å². The Morgan fingerprint density at radius 3 is 2.48 bits per heavy atom. The van der Waals surface area contributed by atoms with Gasteiger partial charge in [-0.1, -0.05) is 35.5 Å². The summed E-state index contributed by atoms with van der Waals surface area (Å²) >= 11 is 0. The van der Waals surface area contributed by atoms with Gasteiger partial charge in [0.05, 0.1) is 36.2 Å². The molecule has 18 heteroatoms. The summed E-state index contributed by atoms with van der Waals surface area (Å²) in [5.41, 5.74) is 12.8. The Balaban J connectivity index is 1.09. The van der Waals surface area contributed by atoms with E-state index in [-0.39, 0.29) is 86.8 Å². The molecule has 2 unspecified atom stereocenters. The minimum absolute atomic E-state index is 0.00696. The van der Waals surface area contributed by atoms with Gasteiger partial charge in [-0.25, -0.2) is 0 Å². The zero-order valence-corrected chi connectivity index (χ0v) is 33.3. The van der Waals surface area contributed by atoms with Crippen LogP contribution in [0.25, 0.3) is 10.4 Å². The molecule has 2 aromatic rings. The van der Waals surface area contributed by atoms with Gasteiger partial charge < -0.3 is 40.7 Å². The second-order valence-corrected chi connectivity index (χ2v) is 14.7. The molecule has 3 aliphatic heterocycles. The number of azide groups is 1. The average molecular weight is 825 g/mol. The molecule has 0 saturated heterocycles. The number of allylic oxidation sites excluding steroid dienone is 6. The van der Waals surface area contributed by atoms with Crippen LogP contribution in [-0.4, -0.2) is 88.5 Å². The van der Waals surface area contributed by atoms with Gasteiger partial charge in [-0.05, 0) is 104 Å². The summed E-state index contributed by atoms with van der Waals surface area (Å²) in [7, 11) is 0. The number of hydrogen-bond donors (Lipinski definition) is 6. The molecule has 60 heavy (non-hydrogen) atoms. The summed E-state index contributed by atoms with van der Waals surface area (Å²) in [5, 5.41) is 47.3. The lowest BCUT2D eigenvalue weighted by molar-refractivity contribution is -0.383. The highest BCUT2D eigenvalue weighted by molar-refractivity contribution is 5.91. The predicted octanol–water partition coefficient (Wildman–Crippen LogP) is 6.39. The smallest absolute Gasteiger partial charge is 0.303 e. The molecule has 0 radical (unpaired) electrons. The van der Waals surface area contributed by atoms with Crippen LogP contribution in [0.1, 0.15) is 51.4 Å². The number of carbonyl (C=O) groups is 3. The number of nitrogens with zero attached hydrogens (tertiary/aromatic N) is 6. The largest absolute Gasteiger partial charge is 0.481 e. The number of nitro groups is 1. The number of aliphatic hydroxyl groups excluding tert-OH is 1. The molecular formula is C42H52N10O8. The maximum Gasteiger partial charge on any atom is 0.303 e. The molecule has 0 bridgehead atoms. The predicted molar refractivity (Wildman–Crippen MR) is 226 cm³/mol. The summed E-state index contributed by atoms with van der Waals surface area (Å²) in [5.74, 6) is -2.39. The van der Waals surface area contributed by atoms with Crippen molar-refractivity contribution >= 4 is 40.5 Å². The van der Waals surface area contributed by atoms with Crippen molar-refractivity contribution in [2.24, 2.45) is 17.0 Å². The summed E-state index contributed by atoms with van der Waals surface area (Å²) in [6.07, 6.45) is 16.1. The third kappa shape index (κ3) is 14.4. The van der Waals surface area contributed by atoms with E-state index in [4.69, 9.17) is 10.3 Å². The molecule has 3 heterocycles. The Morgan fingerprint density at radius 2 is 1.70 bits per heavy atom. The van der Waals surface area contributed by atoms with E-state index in [9.17, 15) is 34.7 Å². The van der Waals surface area contributed by atoms with Crippen molar-refractivity contribution < 1.29 is 34.3 Å². The lowest BCUT2D eigenvalue weighted by Gasteiger charge is -2.23. The molecule has 6 N–H and O–H groups in total. The van der Waals surface area contributed by atoms with Crippen LogP contribution in [-0.2, 0) is 19.1 Å². The third-order valence-electron chi connectivity index (χ3n) is 10.1. The number of para-hydroxylation sites is 1. The van der Waals surface area contributed by atoms with Crippen LogP contribution < -0.4 is 21.3 Å². The highest BCUT2D eigenvalue weighted by Gasteiger charge is 2.27. The highest BCUT2D eigenvalue weighted by atomic mass is 16.6. The van der Waals surface area contributed by atoms with E-state index < -0.39 is 23.0 Å². The van der Waals surface area contributed by atoms with E-state index in [1.807, 2.05) is 18.2 Å². The Labute approximate surface area is 348 Å². The molecule has 0 aromatic heterocycles. The average Bonchev–Trinajstić information content (AvgIpc) is 3.59. The van der Waals surface area contributed by atoms with Crippen LogP contribution >= 0.6 is 0 Å². The van der Waals surface area contributed by atoms with E-state index in [2.05, 4.69) is 71.7 Å². The van der Waals surface area contributed by atoms with E-state index in [0.29, 0.717) is 25.1 Å². The fourth-order valence-corrected chi connectivity index (χ4v) is 7.21. The minimum Gasteiger partial charge on any atom is -0.481 e. The number of nitro benzene ring substituents is 1. The van der Waals surface area contributed by atoms with Crippen molar-refractivity contribution in [3.8, 4) is 0 Å². The zero-order chi connectivity index (χ0) is 42.7. The first-order chi connectivity index (χ1) is 29.1. The summed E-state index contributed by atoms with van der Waals surface area (Å²) in [6, 6.07) is 13.0. The molecule has 2 aromatic carbocycles. The van der Waals surface area contributed by atoms with Crippen molar-refractivity contribution in [2.75, 3.05) is 50.2 Å². The van der Waals surface area contributed by atoms with Crippen molar-refractivity contribution in [3.05, 3.63) is 129 Å². The summed E-state index contributed by atoms with van der Waals surface area (Å²) in [6.45, 7) is 2.11. The fourth-order valence-electron chi connectivity index (χ4n) is 7.21. The van der Waals surface area contributed by atoms with Gasteiger partial charge >= 0.3 is 5.97 Å². The van der Waals surface area contributed by atoms with Crippen molar-refractivity contribution in [3.63, 3.8) is 0 Å². The number of carboxylic acid groups (broad SMARTS) is 1. The first kappa shape index (κ1) is 44.6. The molecule has 0 spiro atoms. The number of amides is 2. The molecule has 318 valence electrons. The van der Waals surface area contributed by atoms with Gasteiger partial charge in [0.15, 0.2) is 0 Å². The molecule has 3 atom stereocenters. The normalized spacial score (nSPS) is 15.3. The second-order valence-electron chi connectivity index (χ2n) is 14.7. The maximum atomic E-state index is 13.1. The van der Waals surface area contributed by atoms with E-state index >= 15 is 0 Å². The topological polar surface area (TPSA) is 247 Å². The van der Waals surface area contributed by atoms with Crippen LogP contribution in [0.4, 0.5) is 22.7 Å². The maximum absolute atomic E-state index is 13.1. The fraction of sp³-hybridized carbons (Fsp3) is 0.405. The zero-order valence-electron chi connectivity index (χ0n) is 33.3. The molecule has 3 aliphatic rings. The first-order valence-electron chi connectivity index (χ1n) is 20.0. The molecule has 0 saturated carbocycles. The number of aliphatic hydroxyl groups is 1. The second kappa shape index (κ2) is 23.2. The van der Waals surface area contributed by atoms with Gasteiger partial charge in [0, 0.05) is 67.1 Å². The van der Waals surface area contributed by atoms with Gasteiger partial charge in [0.25, 0.3) is 5.69 Å². The Kier molecular flexibility index (Phi) is 17.3. The quantitative estimate of drug-likeness (QED) is 0.0115. The Morgan fingerprint density at radius 1 is 0.933 bits per heavy atom. The van der Waals surface area contributed by atoms with Crippen molar-refractivity contribution in [1.82, 2.24) is 20.4 Å². The van der Waals surface area contributed by atoms with Crippen LogP contribution in [0.5, 0.6) is 0 Å². The number of fused-ring (bicyclic) bond motifs is 2. The van der Waals surface area contributed by atoms with Crippen LogP contribution in [0.2, 0.25) is 0 Å². The molecule has 0 fully saturated rings. The molecule has 18 nitrogen and oxygen atoms in total. The number of aliphatic carboxylic acids is 1. The number of carbonyl (C=O) groups excluding carboxylic acids is 2. The SMILES string of the molecule is [N-]=[N+]=Nc1ccc(NCCOCCNC(=O)CC(CCC(CC(=O)O)CC(=O)Nc2ccccc2)C[C@@H](O)NCCCC2=CC3=C4C=CC=CN4CN3C=C2)c([N+](=O)[O-])c1. The first-order valence-corrected chi connectivity index (χ1v) is 20.0. The van der Waals surface area contributed by atoms with E-state index in [0.717, 1.165) is 30.9 Å². The minimum atomic E-state index is -1.02. The monoisotopic (exact) mass is 824 g/mol. The molecule has 0 aliphatic carbocycles. The van der Waals surface area contributed by atoms with Crippen LogP contribution in [0.3, 0.4) is 0 Å². The molecular weight excluding hydrogens is 773 g/mol. The van der Waals surface area contributed by atoms with E-state index in [1.165, 1.54) is 23.8 Å². The number of rotatable bonds is 26. The highest BCUT2D eigenvalue weighted by Crippen LogP contribution is 2.33. The number of ether oxygens (including phenoxy) is 1. The standard InChI is InChI=1S/C42H52N10O8/c43-49-48-34-13-14-35(37(28-34)52(58)59)44-17-21-60-22-18-46-40(54)25-31(11-12-32(27-42(56)57)26-41(55)47-33-8-2-1-3-9-33)24-39(53)45-16-6-7-30-15-20-51-29-50-19-5-4-10-36(50)38(51)23-30/h1-5,8-10,13-15,19-20,23,28,31-32,39,44-45,53H,6-7,11-12,16-18,21-22,24-27,29H2,(H,46,54)(H,47,55)(H,56,57)/t31?,32?,39-/m1/s1. The summed E-state index contributed by atoms with van der Waals surface area (Å²) in [4.78, 5) is 55.6. The number of carboxylic acids is 1. The molecule has 5 rings (SSSR count). The van der Waals surface area contributed by atoms with Gasteiger partial charge in [0.1, 0.15) is 11.9 Å². The van der Waals surface area contributed by atoms with Crippen LogP contribution in [0, 0.1) is 22.0 Å². The Bertz CT molecular complexity index is 2030. The van der Waals surface area contributed by atoms with Gasteiger partial charge in [0.2, 0.25) is 11.8 Å².